The minimum absolute atomic E-state index is 0.173. The largest absolute Gasteiger partial charge is 0.385 e. The molecule has 1 rings (SSSR count). The molecule has 0 saturated heterocycles. The lowest BCUT2D eigenvalue weighted by molar-refractivity contribution is 0.00687. The quantitative estimate of drug-likeness (QED) is 0.790. The van der Waals surface area contributed by atoms with Crippen molar-refractivity contribution in [2.45, 2.75) is 19.4 Å². The molecule has 0 spiro atoms. The van der Waals surface area contributed by atoms with Gasteiger partial charge in [0.05, 0.1) is 5.60 Å². The summed E-state index contributed by atoms with van der Waals surface area (Å²) < 4.78 is 0. The van der Waals surface area contributed by atoms with Crippen LogP contribution in [0.15, 0.2) is 23.8 Å². The maximum absolute atomic E-state index is 10.5. The Hall–Kier alpha value is 0.400. The molecule has 3 heteroatoms. The smallest absolute Gasteiger partial charge is 0.0926 e. The Labute approximate surface area is 103 Å². The Morgan fingerprint density at radius 1 is 1.50 bits per heavy atom. The van der Waals surface area contributed by atoms with Crippen molar-refractivity contribution in [2.75, 3.05) is 10.7 Å². The molecule has 1 N–H and O–H groups in total. The van der Waals surface area contributed by atoms with Crippen molar-refractivity contribution in [3.05, 3.63) is 23.8 Å². The molecule has 0 aromatic carbocycles. The van der Waals surface area contributed by atoms with E-state index in [0.717, 1.165) is 10.7 Å². The van der Waals surface area contributed by atoms with Gasteiger partial charge in [0.1, 0.15) is 0 Å². The minimum atomic E-state index is -0.707. The number of aliphatic hydroxyl groups is 1. The normalized spacial score (nSPS) is 32.1. The van der Waals surface area contributed by atoms with Gasteiger partial charge in [-0.05, 0) is 5.92 Å². The Morgan fingerprint density at radius 3 is 2.57 bits per heavy atom. The standard InChI is InChI=1S/C11H16Br2O/c1-8(2)11(14)5-3-4-9(6-12)10(11)7-13/h3-5,8,10,14H,6-7H2,1-2H3. The first kappa shape index (κ1) is 12.5. The van der Waals surface area contributed by atoms with Crippen molar-refractivity contribution in [3.8, 4) is 0 Å². The van der Waals surface area contributed by atoms with Crippen LogP contribution in [0, 0.1) is 11.8 Å². The van der Waals surface area contributed by atoms with Gasteiger partial charge >= 0.3 is 0 Å². The summed E-state index contributed by atoms with van der Waals surface area (Å²) in [6, 6.07) is 0. The third-order valence-electron chi connectivity index (χ3n) is 2.91. The second-order valence-electron chi connectivity index (χ2n) is 3.98. The average molecular weight is 324 g/mol. The van der Waals surface area contributed by atoms with Crippen LogP contribution in [0.25, 0.3) is 0 Å². The zero-order chi connectivity index (χ0) is 10.8. The molecule has 0 bridgehead atoms. The van der Waals surface area contributed by atoms with Gasteiger partial charge < -0.3 is 5.11 Å². The van der Waals surface area contributed by atoms with E-state index >= 15 is 0 Å². The zero-order valence-corrected chi connectivity index (χ0v) is 11.7. The lowest BCUT2D eigenvalue weighted by Gasteiger charge is -2.39. The van der Waals surface area contributed by atoms with Crippen LogP contribution in [-0.2, 0) is 0 Å². The van der Waals surface area contributed by atoms with E-state index in [4.69, 9.17) is 0 Å². The maximum Gasteiger partial charge on any atom is 0.0926 e. The van der Waals surface area contributed by atoms with Crippen LogP contribution in [0.2, 0.25) is 0 Å². The molecular formula is C11H16Br2O. The lowest BCUT2D eigenvalue weighted by Crippen LogP contribution is -2.44. The van der Waals surface area contributed by atoms with Crippen molar-refractivity contribution in [1.82, 2.24) is 0 Å². The van der Waals surface area contributed by atoms with Gasteiger partial charge in [-0.25, -0.2) is 0 Å². The van der Waals surface area contributed by atoms with Crippen molar-refractivity contribution in [2.24, 2.45) is 11.8 Å². The fourth-order valence-electron chi connectivity index (χ4n) is 1.81. The molecule has 2 unspecified atom stereocenters. The van der Waals surface area contributed by atoms with E-state index in [2.05, 4.69) is 51.8 Å². The van der Waals surface area contributed by atoms with Crippen molar-refractivity contribution < 1.29 is 5.11 Å². The number of allylic oxidation sites excluding steroid dienone is 2. The SMILES string of the molecule is CC(C)C1(O)C=CC=C(CBr)C1CBr. The number of alkyl halides is 2. The molecule has 0 amide bonds. The van der Waals surface area contributed by atoms with Gasteiger partial charge in [0.2, 0.25) is 0 Å². The molecule has 1 aliphatic rings. The predicted octanol–water partition coefficient (Wildman–Crippen LogP) is 3.28. The van der Waals surface area contributed by atoms with Crippen molar-refractivity contribution in [1.29, 1.82) is 0 Å². The predicted molar refractivity (Wildman–Crippen MR) is 68.1 cm³/mol. The summed E-state index contributed by atoms with van der Waals surface area (Å²) in [5.74, 6) is 0.399. The highest BCUT2D eigenvalue weighted by atomic mass is 79.9. The van der Waals surface area contributed by atoms with Crippen LogP contribution >= 0.6 is 31.9 Å². The molecule has 0 fully saturated rings. The Morgan fingerprint density at radius 2 is 2.14 bits per heavy atom. The fraction of sp³-hybridized carbons (Fsp3) is 0.636. The highest BCUT2D eigenvalue weighted by Gasteiger charge is 2.39. The van der Waals surface area contributed by atoms with Crippen LogP contribution in [0.3, 0.4) is 0 Å². The van der Waals surface area contributed by atoms with E-state index in [-0.39, 0.29) is 11.8 Å². The first-order valence-corrected chi connectivity index (χ1v) is 7.03. The van der Waals surface area contributed by atoms with Crippen molar-refractivity contribution >= 4 is 31.9 Å². The molecule has 0 heterocycles. The van der Waals surface area contributed by atoms with E-state index in [1.807, 2.05) is 12.2 Å². The van der Waals surface area contributed by atoms with E-state index < -0.39 is 5.60 Å². The van der Waals surface area contributed by atoms with E-state index in [1.54, 1.807) is 0 Å². The summed E-state index contributed by atoms with van der Waals surface area (Å²) in [5.41, 5.74) is 0.544. The third kappa shape index (κ3) is 2.15. The third-order valence-corrected chi connectivity index (χ3v) is 4.21. The zero-order valence-electron chi connectivity index (χ0n) is 8.50. The van der Waals surface area contributed by atoms with Crippen LogP contribution in [-0.4, -0.2) is 21.4 Å². The maximum atomic E-state index is 10.5. The van der Waals surface area contributed by atoms with Gasteiger partial charge in [0.25, 0.3) is 0 Å². The monoisotopic (exact) mass is 322 g/mol. The van der Waals surface area contributed by atoms with Crippen LogP contribution in [0.5, 0.6) is 0 Å². The topological polar surface area (TPSA) is 20.2 Å². The number of hydrogen-bond acceptors (Lipinski definition) is 1. The van der Waals surface area contributed by atoms with Crippen LogP contribution in [0.1, 0.15) is 13.8 Å². The molecular weight excluding hydrogens is 308 g/mol. The number of hydrogen-bond donors (Lipinski definition) is 1. The molecule has 0 aromatic heterocycles. The molecule has 1 nitrogen and oxygen atoms in total. The molecule has 0 radical (unpaired) electrons. The van der Waals surface area contributed by atoms with Gasteiger partial charge in [-0.15, -0.1) is 0 Å². The molecule has 0 saturated carbocycles. The molecule has 0 aliphatic heterocycles. The molecule has 2 atom stereocenters. The van der Waals surface area contributed by atoms with Gasteiger partial charge in [0, 0.05) is 16.6 Å². The number of rotatable bonds is 3. The van der Waals surface area contributed by atoms with Gasteiger partial charge in [-0.2, -0.15) is 0 Å². The summed E-state index contributed by atoms with van der Waals surface area (Å²) in [6.07, 6.45) is 5.95. The summed E-state index contributed by atoms with van der Waals surface area (Å²) in [6.45, 7) is 4.11. The Kier molecular flexibility index (Phi) is 4.41. The highest BCUT2D eigenvalue weighted by Crippen LogP contribution is 2.37. The van der Waals surface area contributed by atoms with Crippen LogP contribution < -0.4 is 0 Å². The van der Waals surface area contributed by atoms with Gasteiger partial charge in [-0.3, -0.25) is 0 Å². The van der Waals surface area contributed by atoms with Gasteiger partial charge in [-0.1, -0.05) is 69.5 Å². The summed E-state index contributed by atoms with van der Waals surface area (Å²) in [5, 5.41) is 12.1. The molecule has 1 aliphatic carbocycles. The average Bonchev–Trinajstić information content (AvgIpc) is 2.17. The summed E-state index contributed by atoms with van der Waals surface area (Å²) in [4.78, 5) is 0. The second kappa shape index (κ2) is 4.95. The molecule has 80 valence electrons. The van der Waals surface area contributed by atoms with E-state index in [9.17, 15) is 5.11 Å². The highest BCUT2D eigenvalue weighted by molar-refractivity contribution is 9.09. The summed E-state index contributed by atoms with van der Waals surface area (Å²) >= 11 is 6.94. The lowest BCUT2D eigenvalue weighted by atomic mass is 9.73. The van der Waals surface area contributed by atoms with E-state index in [0.29, 0.717) is 0 Å². The molecule has 14 heavy (non-hydrogen) atoms. The first-order chi connectivity index (χ1) is 6.56. The second-order valence-corrected chi connectivity index (χ2v) is 5.19. The number of halogens is 2. The fourth-order valence-corrected chi connectivity index (χ4v) is 3.32. The Balaban J connectivity index is 3.00. The first-order valence-electron chi connectivity index (χ1n) is 4.78. The molecule has 0 aromatic rings. The Bertz CT molecular complexity index is 258. The van der Waals surface area contributed by atoms with Gasteiger partial charge in [0.15, 0.2) is 0 Å². The van der Waals surface area contributed by atoms with Crippen molar-refractivity contribution in [3.63, 3.8) is 0 Å². The van der Waals surface area contributed by atoms with Crippen LogP contribution in [0.4, 0.5) is 0 Å². The van der Waals surface area contributed by atoms with E-state index in [1.165, 1.54) is 5.57 Å². The summed E-state index contributed by atoms with van der Waals surface area (Å²) in [7, 11) is 0. The minimum Gasteiger partial charge on any atom is -0.385 e.